The molecule has 1 aliphatic rings. The third kappa shape index (κ3) is 4.80. The zero-order valence-electron chi connectivity index (χ0n) is 18.9. The van der Waals surface area contributed by atoms with Crippen LogP contribution in [0.25, 0.3) is 5.57 Å². The van der Waals surface area contributed by atoms with Gasteiger partial charge in [-0.3, -0.25) is 4.98 Å². The highest BCUT2D eigenvalue weighted by molar-refractivity contribution is 6.35. The average molecular weight is 443 g/mol. The van der Waals surface area contributed by atoms with E-state index in [0.29, 0.717) is 29.9 Å². The van der Waals surface area contributed by atoms with Crippen LogP contribution in [0.4, 0.5) is 0 Å². The highest BCUT2D eigenvalue weighted by atomic mass is 16.5. The van der Waals surface area contributed by atoms with Gasteiger partial charge in [0.1, 0.15) is 18.4 Å². The summed E-state index contributed by atoms with van der Waals surface area (Å²) in [4.78, 5) is 17.4. The predicted octanol–water partition coefficient (Wildman–Crippen LogP) is 4.40. The van der Waals surface area contributed by atoms with Crippen molar-refractivity contribution in [3.8, 4) is 5.75 Å². The first-order valence-electron chi connectivity index (χ1n) is 10.9. The second-order valence-corrected chi connectivity index (χ2v) is 8.04. The predicted molar refractivity (Wildman–Crippen MR) is 127 cm³/mol. The molecular weight excluding hydrogens is 416 g/mol. The van der Waals surface area contributed by atoms with Gasteiger partial charge in [0.05, 0.1) is 18.3 Å². The first-order chi connectivity index (χ1) is 16.0. The Morgan fingerprint density at radius 1 is 1.03 bits per heavy atom. The van der Waals surface area contributed by atoms with Gasteiger partial charge >= 0.3 is 5.97 Å². The summed E-state index contributed by atoms with van der Waals surface area (Å²) in [5.41, 5.74) is 4.47. The lowest BCUT2D eigenvalue weighted by molar-refractivity contribution is -0.421. The van der Waals surface area contributed by atoms with Crippen LogP contribution in [0.1, 0.15) is 36.2 Å². The van der Waals surface area contributed by atoms with Crippen LogP contribution in [0.3, 0.4) is 0 Å². The maximum absolute atomic E-state index is 13.1. The zero-order chi connectivity index (χ0) is 23.4. The molecule has 0 aliphatic heterocycles. The number of ether oxygens (including phenoxy) is 2. The Kier molecular flexibility index (Phi) is 6.54. The van der Waals surface area contributed by atoms with Crippen LogP contribution >= 0.6 is 0 Å². The van der Waals surface area contributed by atoms with E-state index in [1.807, 2.05) is 66.7 Å². The Bertz CT molecular complexity index is 1210. The summed E-state index contributed by atoms with van der Waals surface area (Å²) in [6.07, 6.45) is 2.11. The first-order valence-corrected chi connectivity index (χ1v) is 10.9. The molecule has 4 rings (SSSR count). The molecule has 0 bridgehead atoms. The Labute approximate surface area is 193 Å². The van der Waals surface area contributed by atoms with Gasteiger partial charge in [-0.1, -0.05) is 36.4 Å². The van der Waals surface area contributed by atoms with E-state index in [2.05, 4.69) is 4.98 Å². The lowest BCUT2D eigenvalue weighted by atomic mass is 9.97. The number of aromatic nitrogens is 1. The van der Waals surface area contributed by atoms with E-state index in [1.165, 1.54) is 7.05 Å². The lowest BCUT2D eigenvalue weighted by Gasteiger charge is -2.11. The van der Waals surface area contributed by atoms with Crippen LogP contribution in [0.15, 0.2) is 78.5 Å². The number of pyridine rings is 1. The molecule has 0 radical (unpaired) electrons. The fraction of sp³-hybridized carbons (Fsp3) is 0.222. The molecule has 0 saturated carbocycles. The van der Waals surface area contributed by atoms with Crippen LogP contribution in [0, 0.1) is 5.21 Å². The van der Waals surface area contributed by atoms with E-state index in [1.54, 1.807) is 20.0 Å². The fourth-order valence-electron chi connectivity index (χ4n) is 3.94. The average Bonchev–Trinajstić information content (AvgIpc) is 3.15. The Morgan fingerprint density at radius 3 is 2.45 bits per heavy atom. The summed E-state index contributed by atoms with van der Waals surface area (Å²) < 4.78 is 12.2. The number of hydrogen-bond donors (Lipinski definition) is 0. The van der Waals surface area contributed by atoms with Crippen molar-refractivity contribution < 1.29 is 19.0 Å². The van der Waals surface area contributed by atoms with Crippen molar-refractivity contribution in [2.75, 3.05) is 13.7 Å². The van der Waals surface area contributed by atoms with E-state index in [0.717, 1.165) is 21.6 Å². The molecule has 168 valence electrons. The molecule has 33 heavy (non-hydrogen) atoms. The van der Waals surface area contributed by atoms with Crippen molar-refractivity contribution in [1.29, 1.82) is 0 Å². The van der Waals surface area contributed by atoms with Crippen molar-refractivity contribution >= 4 is 17.3 Å². The third-order valence-corrected chi connectivity index (χ3v) is 5.28. The molecule has 1 aliphatic carbocycles. The lowest BCUT2D eigenvalue weighted by Crippen LogP contribution is -2.23. The maximum atomic E-state index is 13.1. The van der Waals surface area contributed by atoms with Crippen LogP contribution in [-0.2, 0) is 16.0 Å². The molecule has 0 amide bonds. The number of carbonyl (C=O) groups excluding carboxylic acids is 1. The highest BCUT2D eigenvalue weighted by Crippen LogP contribution is 2.40. The van der Waals surface area contributed by atoms with Gasteiger partial charge < -0.3 is 14.7 Å². The van der Waals surface area contributed by atoms with E-state index < -0.39 is 5.97 Å². The summed E-state index contributed by atoms with van der Waals surface area (Å²) in [7, 11) is 1.39. The second-order valence-electron chi connectivity index (χ2n) is 8.04. The minimum Gasteiger partial charge on any atom is -0.624 e. The summed E-state index contributed by atoms with van der Waals surface area (Å²) >= 11 is 0. The van der Waals surface area contributed by atoms with Crippen LogP contribution in [0.5, 0.6) is 5.75 Å². The van der Waals surface area contributed by atoms with Gasteiger partial charge in [-0.25, -0.2) is 9.53 Å². The number of hydroxylamine groups is 1. The van der Waals surface area contributed by atoms with Gasteiger partial charge in [0, 0.05) is 23.9 Å². The fourth-order valence-corrected chi connectivity index (χ4v) is 3.94. The van der Waals surface area contributed by atoms with Crippen molar-refractivity contribution in [3.05, 3.63) is 106 Å². The molecule has 0 spiro atoms. The number of benzene rings is 2. The molecule has 1 aromatic heterocycles. The van der Waals surface area contributed by atoms with Gasteiger partial charge in [0.2, 0.25) is 5.71 Å². The number of fused-ring (bicyclic) bond motifs is 1. The minimum absolute atomic E-state index is 0.271. The summed E-state index contributed by atoms with van der Waals surface area (Å²) in [5.74, 6) is 0.102. The summed E-state index contributed by atoms with van der Waals surface area (Å²) in [6.45, 7) is 4.02. The van der Waals surface area contributed by atoms with Crippen molar-refractivity contribution in [1.82, 2.24) is 4.98 Å². The Morgan fingerprint density at radius 2 is 1.79 bits per heavy atom. The van der Waals surface area contributed by atoms with Crippen LogP contribution < -0.4 is 4.74 Å². The standard InChI is InChI=1S/C27H26N2O4/c1-18(2)33-27(30)25-24(19-9-5-4-6-10-19)22-13-12-21(17-23(22)26(25)29(3)31)32-16-14-20-11-7-8-15-28-20/h4-13,15,17-18H,14,16H2,1-3H3/b29-26+. The quantitative estimate of drug-likeness (QED) is 0.235. The van der Waals surface area contributed by atoms with Crippen LogP contribution in [0.2, 0.25) is 0 Å². The number of esters is 1. The van der Waals surface area contributed by atoms with Gasteiger partial charge in [-0.15, -0.1) is 0 Å². The zero-order valence-corrected chi connectivity index (χ0v) is 18.9. The molecule has 0 N–H and O–H groups in total. The Hall–Kier alpha value is -3.93. The molecule has 0 fully saturated rings. The van der Waals surface area contributed by atoms with Gasteiger partial charge in [0.15, 0.2) is 0 Å². The van der Waals surface area contributed by atoms with Gasteiger partial charge in [-0.2, -0.15) is 0 Å². The molecule has 1 heterocycles. The minimum atomic E-state index is -0.518. The monoisotopic (exact) mass is 442 g/mol. The molecule has 2 aromatic carbocycles. The van der Waals surface area contributed by atoms with Gasteiger partial charge in [-0.05, 0) is 55.3 Å². The molecule has 0 unspecified atom stereocenters. The number of hydrogen-bond acceptors (Lipinski definition) is 5. The maximum Gasteiger partial charge on any atom is 0.345 e. The van der Waals surface area contributed by atoms with Crippen molar-refractivity contribution in [2.24, 2.45) is 0 Å². The SMILES string of the molecule is CC(C)OC(=O)C1=C(c2ccccc2)c2ccc(OCCc3ccccn3)cc2/C1=[N+](/C)[O-]. The molecule has 3 aromatic rings. The summed E-state index contributed by atoms with van der Waals surface area (Å²) in [6, 6.07) is 20.9. The molecule has 0 atom stereocenters. The number of rotatable bonds is 7. The smallest absolute Gasteiger partial charge is 0.345 e. The molecule has 0 saturated heterocycles. The van der Waals surface area contributed by atoms with Crippen LogP contribution in [-0.4, -0.2) is 41.2 Å². The van der Waals surface area contributed by atoms with E-state index in [4.69, 9.17) is 9.47 Å². The normalized spacial score (nSPS) is 14.3. The number of nitrogens with zero attached hydrogens (tertiary/aromatic N) is 2. The highest BCUT2D eigenvalue weighted by Gasteiger charge is 2.39. The van der Waals surface area contributed by atoms with E-state index in [9.17, 15) is 10.0 Å². The van der Waals surface area contributed by atoms with Gasteiger partial charge in [0.25, 0.3) is 0 Å². The van der Waals surface area contributed by atoms with Crippen molar-refractivity contribution in [3.63, 3.8) is 0 Å². The topological polar surface area (TPSA) is 74.5 Å². The second kappa shape index (κ2) is 9.69. The van der Waals surface area contributed by atoms with Crippen molar-refractivity contribution in [2.45, 2.75) is 26.4 Å². The number of carbonyl (C=O) groups is 1. The molecule has 6 nitrogen and oxygen atoms in total. The van der Waals surface area contributed by atoms with E-state index >= 15 is 0 Å². The first kappa shape index (κ1) is 22.3. The largest absolute Gasteiger partial charge is 0.624 e. The molecular formula is C27H26N2O4. The Balaban J connectivity index is 1.72. The molecule has 6 heteroatoms. The summed E-state index contributed by atoms with van der Waals surface area (Å²) in [5, 5.41) is 12.7. The van der Waals surface area contributed by atoms with E-state index in [-0.39, 0.29) is 17.4 Å². The third-order valence-electron chi connectivity index (χ3n) is 5.28.